The van der Waals surface area contributed by atoms with E-state index in [1.807, 2.05) is 33.3 Å². The molecule has 2 aliphatic rings. The highest BCUT2D eigenvalue weighted by atomic mass is 32.2. The number of carbonyl (C=O) groups is 5. The highest BCUT2D eigenvalue weighted by molar-refractivity contribution is 7.99. The van der Waals surface area contributed by atoms with E-state index in [4.69, 9.17) is 10.5 Å². The van der Waals surface area contributed by atoms with Crippen molar-refractivity contribution in [2.24, 2.45) is 17.6 Å². The number of alkyl carbamates (subject to hydrolysis) is 1. The first-order valence-corrected chi connectivity index (χ1v) is 19.5. The molecule has 3 amide bonds. The highest BCUT2D eigenvalue weighted by Crippen LogP contribution is 2.26. The minimum Gasteiger partial charge on any atom is -0.444 e. The Morgan fingerprint density at radius 2 is 1.16 bits per heavy atom. The van der Waals surface area contributed by atoms with Gasteiger partial charge in [-0.3, -0.25) is 19.2 Å². The van der Waals surface area contributed by atoms with Gasteiger partial charge >= 0.3 is 6.09 Å². The van der Waals surface area contributed by atoms with E-state index in [-0.39, 0.29) is 41.3 Å². The van der Waals surface area contributed by atoms with Crippen LogP contribution in [0.15, 0.2) is 0 Å². The summed E-state index contributed by atoms with van der Waals surface area (Å²) < 4.78 is 5.18. The minimum atomic E-state index is -0.510. The second-order valence-corrected chi connectivity index (χ2v) is 14.8. The second-order valence-electron chi connectivity index (χ2n) is 13.1. The van der Waals surface area contributed by atoms with Gasteiger partial charge in [0.1, 0.15) is 5.60 Å². The Morgan fingerprint density at radius 3 is 1.53 bits per heavy atom. The summed E-state index contributed by atoms with van der Waals surface area (Å²) in [6.45, 7) is 6.60. The average molecular weight is 673 g/mol. The Balaban J connectivity index is 0.000000472. The van der Waals surface area contributed by atoms with Gasteiger partial charge in [0.25, 0.3) is 0 Å². The first-order valence-electron chi connectivity index (χ1n) is 16.7. The van der Waals surface area contributed by atoms with Crippen LogP contribution < -0.4 is 21.7 Å². The number of carbonyl (C=O) groups excluding carboxylic acids is 5. The third-order valence-corrected chi connectivity index (χ3v) is 9.12. The first-order chi connectivity index (χ1) is 21.4. The van der Waals surface area contributed by atoms with E-state index in [2.05, 4.69) is 16.0 Å². The molecule has 0 saturated heterocycles. The zero-order valence-electron chi connectivity index (χ0n) is 28.4. The lowest BCUT2D eigenvalue weighted by Gasteiger charge is -2.20. The lowest BCUT2D eigenvalue weighted by molar-refractivity contribution is -0.129. The number of hydrogen-bond donors (Lipinski definition) is 4. The number of nitrogens with one attached hydrogen (secondary N) is 3. The molecule has 5 N–H and O–H groups in total. The van der Waals surface area contributed by atoms with Crippen LogP contribution in [0.3, 0.4) is 0 Å². The topological polar surface area (TPSA) is 157 Å². The predicted octanol–water partition coefficient (Wildman–Crippen LogP) is 5.01. The quantitative estimate of drug-likeness (QED) is 0.139. The van der Waals surface area contributed by atoms with E-state index in [1.165, 1.54) is 23.5 Å². The lowest BCUT2D eigenvalue weighted by atomic mass is 10.0. The summed E-state index contributed by atoms with van der Waals surface area (Å²) in [4.78, 5) is 60.3. The molecule has 2 fully saturated rings. The molecular weight excluding hydrogens is 613 g/mol. The van der Waals surface area contributed by atoms with Crippen LogP contribution in [-0.2, 0) is 23.9 Å². The van der Waals surface area contributed by atoms with Crippen molar-refractivity contribution in [1.29, 1.82) is 0 Å². The number of rotatable bonds is 19. The van der Waals surface area contributed by atoms with Crippen LogP contribution in [0.25, 0.3) is 0 Å². The molecule has 0 spiro atoms. The number of thioether (sulfide) groups is 2. The summed E-state index contributed by atoms with van der Waals surface area (Å²) >= 11 is 2.99. The zero-order chi connectivity index (χ0) is 33.7. The van der Waals surface area contributed by atoms with Crippen LogP contribution in [-0.4, -0.2) is 84.3 Å². The molecule has 0 aromatic rings. The number of Topliss-reactive ketones (excluding diaryl/α,β-unsaturated/α-hetero) is 2. The van der Waals surface area contributed by atoms with Gasteiger partial charge < -0.3 is 26.4 Å². The predicted molar refractivity (Wildman–Crippen MR) is 186 cm³/mol. The minimum absolute atomic E-state index is 0.0221. The molecule has 0 heterocycles. The number of ketones is 2. The largest absolute Gasteiger partial charge is 0.444 e. The molecule has 12 heteroatoms. The van der Waals surface area contributed by atoms with Crippen LogP contribution in [0.1, 0.15) is 111 Å². The Kier molecular flexibility index (Phi) is 21.5. The fraction of sp³-hybridized carbons (Fsp3) is 0.848. The van der Waals surface area contributed by atoms with Gasteiger partial charge in [-0.2, -0.15) is 23.5 Å². The van der Waals surface area contributed by atoms with Gasteiger partial charge in [-0.15, -0.1) is 0 Å². The fourth-order valence-corrected chi connectivity index (χ4v) is 6.51. The summed E-state index contributed by atoms with van der Waals surface area (Å²) in [5, 5.41) is 8.64. The molecule has 0 aliphatic heterocycles. The van der Waals surface area contributed by atoms with E-state index in [9.17, 15) is 24.0 Å². The molecule has 0 bridgehead atoms. The first kappa shape index (κ1) is 41.2. The van der Waals surface area contributed by atoms with Crippen molar-refractivity contribution in [3.8, 4) is 0 Å². The molecule has 260 valence electrons. The standard InChI is InChI=1S/C19H34N2O4S.C14H26N2O2S/c1-19(2,3)25-18(24)20-12-8-7-11-15(16(22)13-26-4)21-17(23)14-9-5-6-10-14;1-19-10-13(17)12(8-4-5-9-15)16-14(18)11-6-2-3-7-11/h14-15H,5-13H2,1-4H3,(H,20,24)(H,21,23);11-12H,2-10,15H2,1H3,(H,16,18)/t15-;12-/m00/s1. The monoisotopic (exact) mass is 672 g/mol. The van der Waals surface area contributed by atoms with E-state index >= 15 is 0 Å². The van der Waals surface area contributed by atoms with Crippen molar-refractivity contribution in [2.45, 2.75) is 128 Å². The Morgan fingerprint density at radius 1 is 0.733 bits per heavy atom. The van der Waals surface area contributed by atoms with Crippen molar-refractivity contribution in [2.75, 3.05) is 37.1 Å². The molecule has 0 unspecified atom stereocenters. The Bertz CT molecular complexity index is 902. The van der Waals surface area contributed by atoms with E-state index in [0.29, 0.717) is 31.0 Å². The third-order valence-electron chi connectivity index (χ3n) is 7.97. The molecule has 0 aromatic heterocycles. The van der Waals surface area contributed by atoms with Gasteiger partial charge in [0.2, 0.25) is 11.8 Å². The second kappa shape index (κ2) is 23.5. The van der Waals surface area contributed by atoms with E-state index in [0.717, 1.165) is 83.5 Å². The number of unbranched alkanes of at least 4 members (excludes halogenated alkanes) is 2. The molecular formula is C33H60N4O6S2. The molecule has 2 atom stereocenters. The number of amides is 3. The van der Waals surface area contributed by atoms with Crippen LogP contribution in [0.4, 0.5) is 4.79 Å². The summed E-state index contributed by atoms with van der Waals surface area (Å²) in [6.07, 6.45) is 16.2. The molecule has 2 aliphatic carbocycles. The smallest absolute Gasteiger partial charge is 0.407 e. The molecule has 2 saturated carbocycles. The van der Waals surface area contributed by atoms with Crippen molar-refractivity contribution >= 4 is 53.0 Å². The van der Waals surface area contributed by atoms with Crippen molar-refractivity contribution < 1.29 is 28.7 Å². The lowest BCUT2D eigenvalue weighted by Crippen LogP contribution is -2.44. The highest BCUT2D eigenvalue weighted by Gasteiger charge is 2.28. The van der Waals surface area contributed by atoms with Crippen LogP contribution >= 0.6 is 23.5 Å². The van der Waals surface area contributed by atoms with Crippen LogP contribution in [0.5, 0.6) is 0 Å². The van der Waals surface area contributed by atoms with Gasteiger partial charge in [-0.25, -0.2) is 4.79 Å². The number of ether oxygens (including phenoxy) is 1. The summed E-state index contributed by atoms with van der Waals surface area (Å²) in [5.74, 6) is 1.37. The zero-order valence-corrected chi connectivity index (χ0v) is 30.0. The van der Waals surface area contributed by atoms with Gasteiger partial charge in [0.05, 0.1) is 23.6 Å². The fourth-order valence-electron chi connectivity index (χ4n) is 5.54. The van der Waals surface area contributed by atoms with Crippen molar-refractivity contribution in [3.05, 3.63) is 0 Å². The van der Waals surface area contributed by atoms with Crippen molar-refractivity contribution in [3.63, 3.8) is 0 Å². The number of nitrogens with two attached hydrogens (primary N) is 1. The summed E-state index contributed by atoms with van der Waals surface area (Å²) in [6, 6.07) is -0.732. The molecule has 2 rings (SSSR count). The number of hydrogen-bond acceptors (Lipinski definition) is 9. The normalized spacial score (nSPS) is 16.7. The Hall–Kier alpha value is -1.79. The molecule has 0 aromatic carbocycles. The van der Waals surface area contributed by atoms with Gasteiger partial charge in [-0.1, -0.05) is 25.7 Å². The third kappa shape index (κ3) is 18.8. The summed E-state index contributed by atoms with van der Waals surface area (Å²) in [7, 11) is 0. The summed E-state index contributed by atoms with van der Waals surface area (Å²) in [5.41, 5.74) is 4.96. The Labute approximate surface area is 280 Å². The van der Waals surface area contributed by atoms with Gasteiger partial charge in [0, 0.05) is 18.4 Å². The van der Waals surface area contributed by atoms with Crippen LogP contribution in [0, 0.1) is 11.8 Å². The average Bonchev–Trinajstić information content (AvgIpc) is 3.71. The maximum atomic E-state index is 12.3. The molecule has 45 heavy (non-hydrogen) atoms. The maximum Gasteiger partial charge on any atom is 0.407 e. The molecule has 10 nitrogen and oxygen atoms in total. The van der Waals surface area contributed by atoms with Gasteiger partial charge in [0.15, 0.2) is 11.6 Å². The SMILES string of the molecule is CSCC(=O)[C@H](CCCCN)NC(=O)C1CCCC1.CSCC(=O)[C@H](CCCCNC(=O)OC(C)(C)C)NC(=O)C1CCCC1. The van der Waals surface area contributed by atoms with Crippen LogP contribution in [0.2, 0.25) is 0 Å². The van der Waals surface area contributed by atoms with Gasteiger partial charge in [-0.05, 0) is 104 Å². The maximum absolute atomic E-state index is 12.3. The van der Waals surface area contributed by atoms with E-state index in [1.54, 1.807) is 0 Å². The molecule has 0 radical (unpaired) electrons. The van der Waals surface area contributed by atoms with E-state index < -0.39 is 17.7 Å². The van der Waals surface area contributed by atoms with Crippen molar-refractivity contribution in [1.82, 2.24) is 16.0 Å².